The van der Waals surface area contributed by atoms with Crippen molar-refractivity contribution in [3.63, 3.8) is 0 Å². The van der Waals surface area contributed by atoms with Gasteiger partial charge in [-0.2, -0.15) is 0 Å². The molecule has 1 aliphatic heterocycles. The van der Waals surface area contributed by atoms with Crippen LogP contribution >= 0.6 is 7.14 Å². The maximum absolute atomic E-state index is 11.7. The Labute approximate surface area is 74.3 Å². The number of hydrogen-bond donors (Lipinski definition) is 0. The minimum Gasteiger partial charge on any atom is -0.324 e. The van der Waals surface area contributed by atoms with Crippen molar-refractivity contribution in [1.29, 1.82) is 0 Å². The first-order valence-electron chi connectivity index (χ1n) is 4.07. The molecule has 1 heterocycles. The molecule has 2 heteroatoms. The van der Waals surface area contributed by atoms with Crippen molar-refractivity contribution >= 4 is 7.14 Å². The summed E-state index contributed by atoms with van der Waals surface area (Å²) < 4.78 is 11.7. The van der Waals surface area contributed by atoms with Crippen LogP contribution in [0.25, 0.3) is 0 Å². The molecule has 1 fully saturated rings. The van der Waals surface area contributed by atoms with Gasteiger partial charge in [0.25, 0.3) is 0 Å². The topological polar surface area (TPSA) is 17.1 Å². The van der Waals surface area contributed by atoms with Gasteiger partial charge in [0.15, 0.2) is 0 Å². The van der Waals surface area contributed by atoms with E-state index in [0.29, 0.717) is 6.16 Å². The second-order valence-corrected chi connectivity index (χ2v) is 6.94. The molecule has 0 aromatic rings. The van der Waals surface area contributed by atoms with Crippen LogP contribution in [-0.2, 0) is 4.57 Å². The average Bonchev–Trinajstić information content (AvgIpc) is 2.03. The zero-order valence-corrected chi connectivity index (χ0v) is 8.18. The molecule has 3 atom stereocenters. The summed E-state index contributed by atoms with van der Waals surface area (Å²) in [5, 5.41) is 0. The van der Waals surface area contributed by atoms with Gasteiger partial charge in [0, 0.05) is 24.2 Å². The van der Waals surface area contributed by atoms with Crippen LogP contribution in [0.15, 0.2) is 0 Å². The Balaban J connectivity index is 2.76. The molecule has 0 aromatic carbocycles. The second kappa shape index (κ2) is 3.38. The molecule has 0 aliphatic carbocycles. The van der Waals surface area contributed by atoms with Gasteiger partial charge in [0.05, 0.1) is 7.14 Å². The summed E-state index contributed by atoms with van der Waals surface area (Å²) in [6.07, 6.45) is 12.9. The van der Waals surface area contributed by atoms with Crippen molar-refractivity contribution in [2.24, 2.45) is 11.8 Å². The van der Waals surface area contributed by atoms with Crippen molar-refractivity contribution in [1.82, 2.24) is 0 Å². The Kier molecular flexibility index (Phi) is 2.66. The molecular weight excluding hydrogens is 167 g/mol. The largest absolute Gasteiger partial charge is 0.324 e. The summed E-state index contributed by atoms with van der Waals surface area (Å²) >= 11 is 0. The van der Waals surface area contributed by atoms with E-state index in [0.717, 1.165) is 12.6 Å². The van der Waals surface area contributed by atoms with Gasteiger partial charge in [0.1, 0.15) is 0 Å². The van der Waals surface area contributed by atoms with E-state index in [9.17, 15) is 4.57 Å². The molecule has 0 N–H and O–H groups in total. The second-order valence-electron chi connectivity index (χ2n) is 3.54. The Bertz CT molecular complexity index is 292. The minimum absolute atomic E-state index is 0.0413. The zero-order chi connectivity index (χ0) is 9.19. The van der Waals surface area contributed by atoms with E-state index in [-0.39, 0.29) is 11.8 Å². The summed E-state index contributed by atoms with van der Waals surface area (Å²) in [4.78, 5) is 0. The lowest BCUT2D eigenvalue weighted by molar-refractivity contribution is 0.487. The van der Waals surface area contributed by atoms with E-state index in [4.69, 9.17) is 12.8 Å². The first kappa shape index (κ1) is 9.44. The zero-order valence-electron chi connectivity index (χ0n) is 7.29. The molecule has 0 radical (unpaired) electrons. The smallest absolute Gasteiger partial charge is 0.0861 e. The number of rotatable bonds is 0. The Morgan fingerprint density at radius 3 is 2.42 bits per heavy atom. The fourth-order valence-corrected chi connectivity index (χ4v) is 3.82. The van der Waals surface area contributed by atoms with Gasteiger partial charge in [-0.25, -0.2) is 0 Å². The molecule has 64 valence electrons. The van der Waals surface area contributed by atoms with Crippen molar-refractivity contribution in [3.05, 3.63) is 0 Å². The third-order valence-electron chi connectivity index (χ3n) is 2.41. The fourth-order valence-electron chi connectivity index (χ4n) is 1.62. The number of hydrogen-bond acceptors (Lipinski definition) is 1. The van der Waals surface area contributed by atoms with Crippen molar-refractivity contribution in [2.45, 2.75) is 6.42 Å². The summed E-state index contributed by atoms with van der Waals surface area (Å²) in [6, 6.07) is 0. The molecular formula is C10H13OP. The highest BCUT2D eigenvalue weighted by Crippen LogP contribution is 2.49. The Morgan fingerprint density at radius 2 is 1.92 bits per heavy atom. The Hall–Kier alpha value is -0.650. The van der Waals surface area contributed by atoms with Crippen LogP contribution in [0.5, 0.6) is 0 Å². The fraction of sp³-hybridized carbons (Fsp3) is 0.600. The summed E-state index contributed by atoms with van der Waals surface area (Å²) in [6.45, 7) is 1.82. The van der Waals surface area contributed by atoms with Gasteiger partial charge in [-0.05, 0) is 13.1 Å². The Morgan fingerprint density at radius 1 is 1.33 bits per heavy atom. The highest BCUT2D eigenvalue weighted by Gasteiger charge is 2.31. The van der Waals surface area contributed by atoms with E-state index in [1.54, 1.807) is 0 Å². The van der Waals surface area contributed by atoms with Gasteiger partial charge < -0.3 is 4.57 Å². The van der Waals surface area contributed by atoms with Crippen LogP contribution < -0.4 is 0 Å². The van der Waals surface area contributed by atoms with Gasteiger partial charge in [-0.3, -0.25) is 0 Å². The van der Waals surface area contributed by atoms with Gasteiger partial charge in [0.2, 0.25) is 0 Å². The minimum atomic E-state index is -1.95. The third kappa shape index (κ3) is 1.94. The predicted molar refractivity (Wildman–Crippen MR) is 52.5 cm³/mol. The quantitative estimate of drug-likeness (QED) is 0.411. The molecule has 0 amide bonds. The summed E-state index contributed by atoms with van der Waals surface area (Å²) in [5.74, 6) is 5.52. The van der Waals surface area contributed by atoms with Crippen molar-refractivity contribution in [2.75, 3.05) is 19.0 Å². The molecule has 1 aliphatic rings. The molecule has 1 rings (SSSR count). The molecule has 0 saturated carbocycles. The maximum Gasteiger partial charge on any atom is 0.0861 e. The molecule has 0 bridgehead atoms. The lowest BCUT2D eigenvalue weighted by Crippen LogP contribution is -2.23. The SMILES string of the molecule is C#CC1CCP(C)(=O)CC1C#C. The van der Waals surface area contributed by atoms with E-state index in [1.165, 1.54) is 0 Å². The van der Waals surface area contributed by atoms with E-state index in [1.807, 2.05) is 6.66 Å². The highest BCUT2D eigenvalue weighted by molar-refractivity contribution is 7.63. The monoisotopic (exact) mass is 180 g/mol. The van der Waals surface area contributed by atoms with Crippen molar-refractivity contribution in [3.8, 4) is 24.7 Å². The summed E-state index contributed by atoms with van der Waals surface area (Å²) in [7, 11) is -1.95. The van der Waals surface area contributed by atoms with Crippen LogP contribution in [-0.4, -0.2) is 19.0 Å². The van der Waals surface area contributed by atoms with Crippen LogP contribution in [0.4, 0.5) is 0 Å². The van der Waals surface area contributed by atoms with E-state index < -0.39 is 7.14 Å². The van der Waals surface area contributed by atoms with Crippen LogP contribution in [0, 0.1) is 36.5 Å². The van der Waals surface area contributed by atoms with Gasteiger partial charge in [-0.1, -0.05) is 0 Å². The van der Waals surface area contributed by atoms with E-state index in [2.05, 4.69) is 11.8 Å². The maximum atomic E-state index is 11.7. The van der Waals surface area contributed by atoms with E-state index >= 15 is 0 Å². The lowest BCUT2D eigenvalue weighted by atomic mass is 9.92. The third-order valence-corrected chi connectivity index (χ3v) is 4.78. The summed E-state index contributed by atoms with van der Waals surface area (Å²) in [5.41, 5.74) is 0. The first-order valence-corrected chi connectivity index (χ1v) is 6.59. The van der Waals surface area contributed by atoms with Gasteiger partial charge >= 0.3 is 0 Å². The standard InChI is InChI=1S/C10H13OP/c1-4-9-6-7-12(3,11)8-10(9)5-2/h1-2,9-10H,6-8H2,3H3. The molecule has 0 aromatic heterocycles. The highest BCUT2D eigenvalue weighted by atomic mass is 31.2. The molecule has 3 unspecified atom stereocenters. The molecule has 1 saturated heterocycles. The molecule has 12 heavy (non-hydrogen) atoms. The first-order chi connectivity index (χ1) is 5.59. The lowest BCUT2D eigenvalue weighted by Gasteiger charge is -2.28. The normalized spacial score (nSPS) is 41.2. The van der Waals surface area contributed by atoms with Crippen LogP contribution in [0.1, 0.15) is 6.42 Å². The molecule has 0 spiro atoms. The van der Waals surface area contributed by atoms with Gasteiger partial charge in [-0.15, -0.1) is 24.7 Å². The predicted octanol–water partition coefficient (Wildman–Crippen LogP) is 1.88. The van der Waals surface area contributed by atoms with Crippen molar-refractivity contribution < 1.29 is 4.57 Å². The van der Waals surface area contributed by atoms with Crippen LogP contribution in [0.3, 0.4) is 0 Å². The number of terminal acetylenes is 2. The molecule has 1 nitrogen and oxygen atoms in total. The van der Waals surface area contributed by atoms with Crippen LogP contribution in [0.2, 0.25) is 0 Å². The average molecular weight is 180 g/mol.